The highest BCUT2D eigenvalue weighted by atomic mass is 31.0. The van der Waals surface area contributed by atoms with Crippen molar-refractivity contribution in [2.45, 2.75) is 92.5 Å². The molecule has 1 saturated heterocycles. The molecular formula is C37H62N7O9P. The van der Waals surface area contributed by atoms with Crippen LogP contribution in [0.15, 0.2) is 18.3 Å². The minimum atomic E-state index is -0.662. The fourth-order valence-corrected chi connectivity index (χ4v) is 5.18. The quantitative estimate of drug-likeness (QED) is 0.130. The number of nitrogens with one attached hydrogen (secondary N) is 2. The Labute approximate surface area is 322 Å². The number of aromatic nitrogens is 1. The van der Waals surface area contributed by atoms with Crippen LogP contribution in [0.3, 0.4) is 0 Å². The van der Waals surface area contributed by atoms with Gasteiger partial charge in [-0.05, 0) is 74.4 Å². The Morgan fingerprint density at radius 2 is 1.02 bits per heavy atom. The maximum Gasteiger partial charge on any atom is 0.345 e. The summed E-state index contributed by atoms with van der Waals surface area (Å²) in [5, 5.41) is 0. The fraction of sp³-hybridized carbons (Fsp3) is 0.703. The first kappa shape index (κ1) is 46.5. The molecule has 1 aliphatic heterocycles. The largest absolute Gasteiger partial charge is 0.459 e. The summed E-state index contributed by atoms with van der Waals surface area (Å²) in [6.07, 6.45) is 1.87. The summed E-state index contributed by atoms with van der Waals surface area (Å²) >= 11 is 0. The van der Waals surface area contributed by atoms with Crippen LogP contribution < -0.4 is 10.9 Å². The highest BCUT2D eigenvalue weighted by Gasteiger charge is 2.26. The van der Waals surface area contributed by atoms with E-state index in [1.54, 1.807) is 6.07 Å². The normalized spacial score (nSPS) is 16.3. The number of hydrogen-bond donors (Lipinski definition) is 2. The molecule has 0 unspecified atom stereocenters. The Bertz CT molecular complexity index is 1380. The van der Waals surface area contributed by atoms with E-state index in [4.69, 9.17) is 18.9 Å². The van der Waals surface area contributed by atoms with Gasteiger partial charge in [-0.3, -0.25) is 49.6 Å². The van der Waals surface area contributed by atoms with Gasteiger partial charge in [-0.2, -0.15) is 0 Å². The summed E-state index contributed by atoms with van der Waals surface area (Å²) in [6, 6.07) is 3.07. The lowest BCUT2D eigenvalue weighted by Gasteiger charge is -2.34. The van der Waals surface area contributed by atoms with Gasteiger partial charge in [-0.15, -0.1) is 0 Å². The SMILES string of the molecule is CCC(=P)OC(=O)c1ccc(NNC(=O)CN2CCN(CC(=O)OC(C)(C)C)CCN(CC(=O)OC(C)(C)C)CCN(CC(=O)OC(C)(C)C)CC2)nc1. The second-order valence-corrected chi connectivity index (χ2v) is 16.7. The van der Waals surface area contributed by atoms with E-state index in [-0.39, 0.29) is 55.6 Å². The smallest absolute Gasteiger partial charge is 0.345 e. The van der Waals surface area contributed by atoms with Crippen molar-refractivity contribution in [3.05, 3.63) is 23.9 Å². The number of hydrazine groups is 1. The van der Waals surface area contributed by atoms with Gasteiger partial charge < -0.3 is 18.9 Å². The van der Waals surface area contributed by atoms with Gasteiger partial charge in [0.2, 0.25) is 0 Å². The third-order valence-electron chi connectivity index (χ3n) is 7.48. The molecule has 2 rings (SSSR count). The summed E-state index contributed by atoms with van der Waals surface area (Å²) < 4.78 is 22.0. The molecule has 0 saturated carbocycles. The second kappa shape index (κ2) is 21.4. The first-order chi connectivity index (χ1) is 25.0. The molecule has 0 aliphatic carbocycles. The number of ether oxygens (including phenoxy) is 4. The lowest BCUT2D eigenvalue weighted by Crippen LogP contribution is -2.50. The summed E-state index contributed by atoms with van der Waals surface area (Å²) in [4.78, 5) is 76.2. The Morgan fingerprint density at radius 3 is 1.33 bits per heavy atom. The number of esters is 4. The number of anilines is 1. The van der Waals surface area contributed by atoms with Crippen molar-refractivity contribution in [1.82, 2.24) is 30.0 Å². The number of amides is 1. The van der Waals surface area contributed by atoms with Gasteiger partial charge in [-0.25, -0.2) is 9.78 Å². The molecule has 0 atom stereocenters. The third-order valence-corrected chi connectivity index (χ3v) is 7.94. The molecule has 1 aromatic rings. The number of nitrogens with zero attached hydrogens (tertiary/aromatic N) is 5. The zero-order valence-electron chi connectivity index (χ0n) is 33.8. The molecule has 1 aliphatic rings. The fourth-order valence-electron chi connectivity index (χ4n) is 5.09. The number of pyridine rings is 1. The first-order valence-corrected chi connectivity index (χ1v) is 18.9. The molecule has 1 aromatic heterocycles. The Hall–Kier alpha value is -3.69. The first-order valence-electron chi connectivity index (χ1n) is 18.4. The van der Waals surface area contributed by atoms with Crippen molar-refractivity contribution in [3.8, 4) is 0 Å². The maximum atomic E-state index is 13.2. The number of carbonyl (C=O) groups is 5. The van der Waals surface area contributed by atoms with Gasteiger partial charge >= 0.3 is 23.9 Å². The van der Waals surface area contributed by atoms with E-state index in [1.165, 1.54) is 12.3 Å². The van der Waals surface area contributed by atoms with Crippen molar-refractivity contribution in [1.29, 1.82) is 0 Å². The molecule has 2 heterocycles. The molecule has 17 heteroatoms. The zero-order chi connectivity index (χ0) is 40.7. The summed E-state index contributed by atoms with van der Waals surface area (Å²) in [5.41, 5.74) is 4.10. The zero-order valence-corrected chi connectivity index (χ0v) is 34.8. The molecule has 2 N–H and O–H groups in total. The minimum absolute atomic E-state index is 0.0105. The van der Waals surface area contributed by atoms with E-state index in [1.807, 2.05) is 88.8 Å². The van der Waals surface area contributed by atoms with E-state index >= 15 is 0 Å². The van der Waals surface area contributed by atoms with Gasteiger partial charge in [-0.1, -0.05) is 15.8 Å². The van der Waals surface area contributed by atoms with Crippen molar-refractivity contribution in [3.63, 3.8) is 0 Å². The van der Waals surface area contributed by atoms with Crippen LogP contribution >= 0.6 is 8.86 Å². The van der Waals surface area contributed by atoms with Crippen molar-refractivity contribution in [2.24, 2.45) is 0 Å². The molecule has 0 bridgehead atoms. The number of rotatable bonds is 13. The maximum absolute atomic E-state index is 13.2. The highest BCUT2D eigenvalue weighted by molar-refractivity contribution is 7.20. The standard InChI is InChI=1S/C37H62N7O9P/c1-11-33(54)50-34(49)27-12-13-28(38-22-27)39-40-29(45)23-41-14-16-42(24-30(46)51-35(2,3)4)18-20-44(26-32(48)53-37(8,9)10)21-19-43(17-15-41)25-31(47)52-36(5,6)7/h12-13,22,54H,11,14-21,23-26H2,1-10H3,(H,38,39)(H,40,45). The molecular weight excluding hydrogens is 717 g/mol. The highest BCUT2D eigenvalue weighted by Crippen LogP contribution is 2.12. The van der Waals surface area contributed by atoms with Gasteiger partial charge in [0.05, 0.1) is 31.7 Å². The van der Waals surface area contributed by atoms with Crippen LogP contribution in [-0.4, -0.2) is 155 Å². The summed E-state index contributed by atoms with van der Waals surface area (Å²) in [7, 11) is 3.24. The van der Waals surface area contributed by atoms with Crippen LogP contribution in [-0.2, 0) is 38.1 Å². The van der Waals surface area contributed by atoms with Gasteiger partial charge in [0.1, 0.15) is 28.1 Å². The number of hydrogen-bond acceptors (Lipinski definition) is 15. The van der Waals surface area contributed by atoms with E-state index < -0.39 is 22.8 Å². The lowest BCUT2D eigenvalue weighted by atomic mass is 10.2. The van der Waals surface area contributed by atoms with Crippen LogP contribution in [0.5, 0.6) is 0 Å². The monoisotopic (exact) mass is 779 g/mol. The molecule has 54 heavy (non-hydrogen) atoms. The summed E-state index contributed by atoms with van der Waals surface area (Å²) in [6.45, 7) is 21.6. The van der Waals surface area contributed by atoms with Crippen LogP contribution in [0, 0.1) is 0 Å². The van der Waals surface area contributed by atoms with E-state index in [0.29, 0.717) is 70.1 Å². The molecule has 1 amide bonds. The van der Waals surface area contributed by atoms with Gasteiger partial charge in [0.15, 0.2) is 0 Å². The molecule has 0 aromatic carbocycles. The average molecular weight is 780 g/mol. The van der Waals surface area contributed by atoms with Gasteiger partial charge in [0, 0.05) is 65.0 Å². The van der Waals surface area contributed by atoms with E-state index in [2.05, 4.69) is 24.7 Å². The predicted octanol–water partition coefficient (Wildman–Crippen LogP) is 2.61. The van der Waals surface area contributed by atoms with Crippen LogP contribution in [0.25, 0.3) is 0 Å². The Morgan fingerprint density at radius 1 is 0.648 bits per heavy atom. The lowest BCUT2D eigenvalue weighted by molar-refractivity contribution is -0.158. The summed E-state index contributed by atoms with van der Waals surface area (Å²) in [5.74, 6) is -1.73. The molecule has 1 fully saturated rings. The Kier molecular flexibility index (Phi) is 18.4. The average Bonchev–Trinajstić information content (AvgIpc) is 3.02. The molecule has 0 radical (unpaired) electrons. The third kappa shape index (κ3) is 20.7. The van der Waals surface area contributed by atoms with Crippen LogP contribution in [0.1, 0.15) is 86.0 Å². The van der Waals surface area contributed by atoms with Crippen LogP contribution in [0.4, 0.5) is 5.82 Å². The van der Waals surface area contributed by atoms with Crippen molar-refractivity contribution >= 4 is 49.9 Å². The van der Waals surface area contributed by atoms with E-state index in [0.717, 1.165) is 0 Å². The second-order valence-electron chi connectivity index (χ2n) is 16.1. The number of carbonyl (C=O) groups excluding carboxylic acids is 5. The minimum Gasteiger partial charge on any atom is -0.459 e. The van der Waals surface area contributed by atoms with Crippen molar-refractivity contribution < 1.29 is 42.9 Å². The van der Waals surface area contributed by atoms with Crippen molar-refractivity contribution in [2.75, 3.05) is 84.0 Å². The topological polar surface area (TPSA) is 172 Å². The Balaban J connectivity index is 2.24. The molecule has 16 nitrogen and oxygen atoms in total. The predicted molar refractivity (Wildman–Crippen MR) is 208 cm³/mol. The van der Waals surface area contributed by atoms with Crippen LogP contribution in [0.2, 0.25) is 0 Å². The van der Waals surface area contributed by atoms with E-state index in [9.17, 15) is 24.0 Å². The molecule has 304 valence electrons. The molecule has 0 spiro atoms. The van der Waals surface area contributed by atoms with Gasteiger partial charge in [0.25, 0.3) is 5.91 Å².